The summed E-state index contributed by atoms with van der Waals surface area (Å²) in [6.45, 7) is 0. The largest absolute Gasteiger partial charge is 0.451 e. The molecule has 1 radical (unpaired) electrons. The predicted octanol–water partition coefficient (Wildman–Crippen LogP) is 3.59. The number of benzene rings is 2. The van der Waals surface area contributed by atoms with Gasteiger partial charge in [0, 0.05) is 0 Å². The van der Waals surface area contributed by atoms with Crippen molar-refractivity contribution in [3.8, 4) is 17.2 Å². The lowest BCUT2D eigenvalue weighted by molar-refractivity contribution is 0.329. The molecule has 0 fully saturated rings. The lowest BCUT2D eigenvalue weighted by Gasteiger charge is -2.07. The average Bonchev–Trinajstić information content (AvgIpc) is 2.35. The van der Waals surface area contributed by atoms with Crippen LogP contribution in [0.1, 0.15) is 0 Å². The number of carbonyl (C=O) groups excluding carboxylic acids is 1. The quantitative estimate of drug-likeness (QED) is 0.593. The number of isocyanates is 1. The molecular weight excluding hydrogens is 218 g/mol. The molecule has 2 aromatic rings. The van der Waals surface area contributed by atoms with Crippen LogP contribution in [-0.4, -0.2) is 6.08 Å². The van der Waals surface area contributed by atoms with Crippen molar-refractivity contribution >= 4 is 11.8 Å². The maximum absolute atomic E-state index is 11.6. The number of aliphatic imine (C=N–C) groups is 1. The lowest BCUT2D eigenvalue weighted by atomic mass is 10.2. The van der Waals surface area contributed by atoms with Crippen LogP contribution < -0.4 is 4.74 Å². The Labute approximate surface area is 97.8 Å². The molecule has 0 unspecified atom stereocenters. The molecule has 0 saturated heterocycles. The van der Waals surface area contributed by atoms with Gasteiger partial charge in [-0.15, -0.1) is 0 Å². The molecule has 0 spiro atoms. The topological polar surface area (TPSA) is 58.6 Å². The number of para-hydroxylation sites is 2. The van der Waals surface area contributed by atoms with Gasteiger partial charge in [0.2, 0.25) is 17.6 Å². The van der Waals surface area contributed by atoms with Gasteiger partial charge in [0.25, 0.3) is 0 Å². The third kappa shape index (κ3) is 2.51. The molecule has 0 aliphatic carbocycles. The monoisotopic (exact) mass is 226 g/mol. The molecule has 83 valence electrons. The minimum Gasteiger partial charge on any atom is -0.451 e. The Balaban J connectivity index is 2.41. The third-order valence-corrected chi connectivity index (χ3v) is 2.09. The summed E-state index contributed by atoms with van der Waals surface area (Å²) < 4.78 is 5.41. The lowest BCUT2D eigenvalue weighted by Crippen LogP contribution is -1.84. The second-order valence-corrected chi connectivity index (χ2v) is 3.22. The zero-order valence-corrected chi connectivity index (χ0v) is 8.79. The molecule has 0 aliphatic rings. The average molecular weight is 226 g/mol. The van der Waals surface area contributed by atoms with Crippen LogP contribution in [0.25, 0.3) is 0 Å². The number of hydrogen-bond acceptors (Lipinski definition) is 3. The number of rotatable bonds is 3. The van der Waals surface area contributed by atoms with Crippen LogP contribution in [0, 0.1) is 0 Å². The summed E-state index contributed by atoms with van der Waals surface area (Å²) >= 11 is 0. The molecule has 4 heteroatoms. The van der Waals surface area contributed by atoms with Gasteiger partial charge in [0.15, 0.2) is 0 Å². The number of nitrogens with zero attached hydrogens (tertiary/aromatic N) is 1. The van der Waals surface area contributed by atoms with Gasteiger partial charge in [0.1, 0.15) is 11.4 Å². The van der Waals surface area contributed by atoms with E-state index in [4.69, 9.17) is 4.74 Å². The van der Waals surface area contributed by atoms with Gasteiger partial charge >= 0.3 is 0 Å². The van der Waals surface area contributed by atoms with Crippen LogP contribution in [-0.2, 0) is 9.90 Å². The fraction of sp³-hybridized carbons (Fsp3) is 0. The van der Waals surface area contributed by atoms with E-state index < -0.39 is 0 Å². The van der Waals surface area contributed by atoms with Gasteiger partial charge in [-0.2, -0.15) is 4.99 Å². The van der Waals surface area contributed by atoms with Gasteiger partial charge in [-0.05, 0) is 24.3 Å². The SMILES string of the molecule is [O]c1cccc(N=C=O)c1Oc1ccccc1. The summed E-state index contributed by atoms with van der Waals surface area (Å²) in [5, 5.41) is 11.6. The molecule has 17 heavy (non-hydrogen) atoms. The molecule has 2 aromatic carbocycles. The van der Waals surface area contributed by atoms with Crippen LogP contribution in [0.5, 0.6) is 17.2 Å². The van der Waals surface area contributed by atoms with Crippen LogP contribution in [0.2, 0.25) is 0 Å². The summed E-state index contributed by atoms with van der Waals surface area (Å²) in [6.07, 6.45) is 1.39. The van der Waals surface area contributed by atoms with Crippen LogP contribution >= 0.6 is 0 Å². The maximum atomic E-state index is 11.6. The van der Waals surface area contributed by atoms with E-state index in [0.29, 0.717) is 5.75 Å². The van der Waals surface area contributed by atoms with Gasteiger partial charge in [-0.25, -0.2) is 4.79 Å². The molecule has 0 amide bonds. The fourth-order valence-corrected chi connectivity index (χ4v) is 1.35. The molecule has 0 saturated carbocycles. The summed E-state index contributed by atoms with van der Waals surface area (Å²) in [7, 11) is 0. The van der Waals surface area contributed by atoms with Crippen molar-refractivity contribution in [3.05, 3.63) is 48.5 Å². The van der Waals surface area contributed by atoms with Crippen molar-refractivity contribution in [1.29, 1.82) is 0 Å². The summed E-state index contributed by atoms with van der Waals surface area (Å²) in [6, 6.07) is 13.2. The first-order chi connectivity index (χ1) is 8.31. The minimum absolute atomic E-state index is 0.0297. The van der Waals surface area contributed by atoms with Crippen LogP contribution in [0.4, 0.5) is 5.69 Å². The summed E-state index contributed by atoms with van der Waals surface area (Å²) in [5.74, 6) is 0.213. The smallest absolute Gasteiger partial charge is 0.240 e. The fourth-order valence-electron chi connectivity index (χ4n) is 1.35. The maximum Gasteiger partial charge on any atom is 0.240 e. The summed E-state index contributed by atoms with van der Waals surface area (Å²) in [5.41, 5.74) is 0.177. The van der Waals surface area contributed by atoms with E-state index in [1.807, 2.05) is 6.07 Å². The normalized spacial score (nSPS) is 9.41. The number of ether oxygens (including phenoxy) is 1. The highest BCUT2D eigenvalue weighted by molar-refractivity contribution is 5.63. The van der Waals surface area contributed by atoms with Crippen molar-refractivity contribution in [2.45, 2.75) is 0 Å². The molecular formula is C13H8NO3. The predicted molar refractivity (Wildman–Crippen MR) is 60.9 cm³/mol. The zero-order chi connectivity index (χ0) is 12.1. The molecule has 0 aromatic heterocycles. The van der Waals surface area contributed by atoms with E-state index in [1.54, 1.807) is 24.3 Å². The second-order valence-electron chi connectivity index (χ2n) is 3.22. The van der Waals surface area contributed by atoms with Crippen molar-refractivity contribution < 1.29 is 14.6 Å². The van der Waals surface area contributed by atoms with Crippen molar-refractivity contribution in [3.63, 3.8) is 0 Å². The van der Waals surface area contributed by atoms with E-state index in [0.717, 1.165) is 0 Å². The molecule has 0 atom stereocenters. The van der Waals surface area contributed by atoms with Crippen LogP contribution in [0.3, 0.4) is 0 Å². The zero-order valence-electron chi connectivity index (χ0n) is 8.79. The third-order valence-electron chi connectivity index (χ3n) is 2.09. The molecule has 0 bridgehead atoms. The van der Waals surface area contributed by atoms with Crippen molar-refractivity contribution in [1.82, 2.24) is 0 Å². The van der Waals surface area contributed by atoms with Gasteiger partial charge in [-0.3, -0.25) is 5.11 Å². The van der Waals surface area contributed by atoms with Crippen molar-refractivity contribution in [2.24, 2.45) is 4.99 Å². The van der Waals surface area contributed by atoms with Gasteiger partial charge < -0.3 is 4.74 Å². The standard InChI is InChI=1S/C13H8NO3/c15-9-14-11-7-4-8-12(16)13(11)17-10-5-2-1-3-6-10/h1-8H. The van der Waals surface area contributed by atoms with Gasteiger partial charge in [-0.1, -0.05) is 24.3 Å². The highest BCUT2D eigenvalue weighted by atomic mass is 16.5. The highest BCUT2D eigenvalue weighted by Gasteiger charge is 2.11. The molecule has 2 rings (SSSR count). The first-order valence-corrected chi connectivity index (χ1v) is 4.92. The van der Waals surface area contributed by atoms with E-state index >= 15 is 0 Å². The highest BCUT2D eigenvalue weighted by Crippen LogP contribution is 2.39. The summed E-state index contributed by atoms with van der Waals surface area (Å²) in [4.78, 5) is 13.7. The van der Waals surface area contributed by atoms with E-state index in [-0.39, 0.29) is 17.2 Å². The Morgan fingerprint density at radius 1 is 1.00 bits per heavy atom. The van der Waals surface area contributed by atoms with Crippen LogP contribution in [0.15, 0.2) is 53.5 Å². The Morgan fingerprint density at radius 2 is 1.76 bits per heavy atom. The molecule has 4 nitrogen and oxygen atoms in total. The van der Waals surface area contributed by atoms with Gasteiger partial charge in [0.05, 0.1) is 0 Å². The Hall–Kier alpha value is -2.58. The van der Waals surface area contributed by atoms with E-state index in [9.17, 15) is 9.90 Å². The Morgan fingerprint density at radius 3 is 2.47 bits per heavy atom. The van der Waals surface area contributed by atoms with Crippen molar-refractivity contribution in [2.75, 3.05) is 0 Å². The Kier molecular flexibility index (Phi) is 3.19. The molecule has 0 N–H and O–H groups in total. The Bertz CT molecular complexity index is 560. The number of hydrogen-bond donors (Lipinski definition) is 0. The first kappa shape index (κ1) is 10.9. The molecule has 0 aliphatic heterocycles. The first-order valence-electron chi connectivity index (χ1n) is 4.92. The second kappa shape index (κ2) is 4.96. The minimum atomic E-state index is -0.328. The van der Waals surface area contributed by atoms with E-state index in [1.165, 1.54) is 24.3 Å². The van der Waals surface area contributed by atoms with E-state index in [2.05, 4.69) is 4.99 Å². The molecule has 0 heterocycles.